The molecule has 0 N–H and O–H groups in total. The molecule has 39 heavy (non-hydrogen) atoms. The Morgan fingerprint density at radius 2 is 1.49 bits per heavy atom. The first-order chi connectivity index (χ1) is 17.9. The molecule has 0 aliphatic heterocycles. The van der Waals surface area contributed by atoms with E-state index in [0.717, 1.165) is 6.26 Å². The second kappa shape index (κ2) is 12.0. The van der Waals surface area contributed by atoms with Crippen LogP contribution in [0.25, 0.3) is 10.2 Å². The summed E-state index contributed by atoms with van der Waals surface area (Å²) in [6.45, 7) is 0.839. The van der Waals surface area contributed by atoms with Crippen molar-refractivity contribution in [2.24, 2.45) is 0 Å². The Kier molecular flexibility index (Phi) is 9.39. The number of benzene rings is 3. The van der Waals surface area contributed by atoms with Gasteiger partial charge in [-0.3, -0.25) is 14.0 Å². The smallest absolute Gasteiger partial charge is 0.264 e. The van der Waals surface area contributed by atoms with E-state index in [9.17, 15) is 21.6 Å². The van der Waals surface area contributed by atoms with Crippen LogP contribution in [0.15, 0.2) is 82.6 Å². The highest BCUT2D eigenvalue weighted by molar-refractivity contribution is 7.92. The second-order valence-electron chi connectivity index (χ2n) is 8.96. The number of aromatic nitrogens is 1. The van der Waals surface area contributed by atoms with Gasteiger partial charge in [0.25, 0.3) is 15.9 Å². The highest BCUT2D eigenvalue weighted by Crippen LogP contribution is 2.33. The molecule has 9 nitrogen and oxygen atoms in total. The average molecular weight is 609 g/mol. The minimum Gasteiger partial charge on any atom is -0.308 e. The second-order valence-corrected chi connectivity index (χ2v) is 13.9. The molecule has 0 aliphatic carbocycles. The van der Waals surface area contributed by atoms with Crippen molar-refractivity contribution in [2.75, 3.05) is 49.7 Å². The molecule has 1 heterocycles. The molecule has 0 bridgehead atoms. The molecule has 0 spiro atoms. The van der Waals surface area contributed by atoms with E-state index in [0.29, 0.717) is 34.1 Å². The minimum absolute atomic E-state index is 0. The maximum absolute atomic E-state index is 13.6. The van der Waals surface area contributed by atoms with E-state index >= 15 is 0 Å². The van der Waals surface area contributed by atoms with Gasteiger partial charge in [0.15, 0.2) is 15.0 Å². The number of sulfone groups is 1. The minimum atomic E-state index is -3.83. The monoisotopic (exact) mass is 608 g/mol. The van der Waals surface area contributed by atoms with E-state index in [1.165, 1.54) is 57.9 Å². The summed E-state index contributed by atoms with van der Waals surface area (Å²) >= 11 is 1.23. The Bertz CT molecular complexity index is 1670. The van der Waals surface area contributed by atoms with E-state index in [2.05, 4.69) is 4.98 Å². The Morgan fingerprint density at radius 1 is 0.846 bits per heavy atom. The molecular formula is C26H29ClN4O5S3. The number of carbonyl (C=O) groups is 1. The third kappa shape index (κ3) is 6.59. The van der Waals surface area contributed by atoms with E-state index in [-0.39, 0.29) is 33.7 Å². The molecule has 208 valence electrons. The van der Waals surface area contributed by atoms with Crippen LogP contribution in [-0.4, -0.2) is 73.1 Å². The molecule has 0 radical (unpaired) electrons. The molecule has 13 heteroatoms. The van der Waals surface area contributed by atoms with E-state index in [4.69, 9.17) is 0 Å². The zero-order chi connectivity index (χ0) is 27.7. The maximum Gasteiger partial charge on any atom is 0.264 e. The Balaban J connectivity index is 0.00000420. The van der Waals surface area contributed by atoms with Gasteiger partial charge in [-0.15, -0.1) is 12.4 Å². The standard InChI is InChI=1S/C26H28N4O5S3.ClH/c1-28(2)17-18-30(26-27-24-22(36-26)11-8-12-23(24)37(4,32)33)25(31)19-13-15-21(16-14-19)38(34,35)29(3)20-9-6-5-7-10-20;/h5-16H,17-18H2,1-4H3;1H. The Morgan fingerprint density at radius 3 is 2.08 bits per heavy atom. The van der Waals surface area contributed by atoms with Crippen LogP contribution < -0.4 is 9.21 Å². The van der Waals surface area contributed by atoms with Gasteiger partial charge in [-0.05, 0) is 62.6 Å². The predicted molar refractivity (Wildman–Crippen MR) is 159 cm³/mol. The number of amides is 1. The van der Waals surface area contributed by atoms with E-state index in [1.54, 1.807) is 42.5 Å². The van der Waals surface area contributed by atoms with Crippen molar-refractivity contribution in [3.63, 3.8) is 0 Å². The van der Waals surface area contributed by atoms with Crippen molar-refractivity contribution in [3.05, 3.63) is 78.4 Å². The maximum atomic E-state index is 13.6. The molecular weight excluding hydrogens is 580 g/mol. The number of fused-ring (bicyclic) bond motifs is 1. The summed E-state index contributed by atoms with van der Waals surface area (Å²) in [7, 11) is -2.11. The lowest BCUT2D eigenvalue weighted by Crippen LogP contribution is -2.36. The van der Waals surface area contributed by atoms with E-state index in [1.807, 2.05) is 19.0 Å². The quantitative estimate of drug-likeness (QED) is 0.281. The predicted octanol–water partition coefficient (Wildman–Crippen LogP) is 4.16. The van der Waals surface area contributed by atoms with Crippen LogP contribution in [0.5, 0.6) is 0 Å². The summed E-state index contributed by atoms with van der Waals surface area (Å²) in [6.07, 6.45) is 1.13. The summed E-state index contributed by atoms with van der Waals surface area (Å²) in [5.41, 5.74) is 1.13. The van der Waals surface area contributed by atoms with Gasteiger partial charge in [-0.1, -0.05) is 35.6 Å². The largest absolute Gasteiger partial charge is 0.308 e. The fraction of sp³-hybridized carbons (Fsp3) is 0.231. The highest BCUT2D eigenvalue weighted by atomic mass is 35.5. The number of anilines is 2. The summed E-state index contributed by atoms with van der Waals surface area (Å²) in [4.78, 5) is 21.7. The number of halogens is 1. The van der Waals surface area contributed by atoms with Crippen LogP contribution in [0.1, 0.15) is 10.4 Å². The molecule has 3 aromatic carbocycles. The van der Waals surface area contributed by atoms with Gasteiger partial charge >= 0.3 is 0 Å². The fourth-order valence-corrected chi connectivity index (χ4v) is 6.88. The third-order valence-corrected chi connectivity index (χ3v) is 9.87. The fourth-order valence-electron chi connectivity index (χ4n) is 3.77. The van der Waals surface area contributed by atoms with Gasteiger partial charge < -0.3 is 4.90 Å². The number of thiazole rings is 1. The Labute approximate surface area is 239 Å². The van der Waals surface area contributed by atoms with Gasteiger partial charge in [-0.25, -0.2) is 21.8 Å². The molecule has 0 fully saturated rings. The van der Waals surface area contributed by atoms with Crippen LogP contribution in [0.3, 0.4) is 0 Å². The summed E-state index contributed by atoms with van der Waals surface area (Å²) in [5, 5.41) is 0.364. The molecule has 4 rings (SSSR count). The first-order valence-electron chi connectivity index (χ1n) is 11.6. The van der Waals surface area contributed by atoms with Crippen molar-refractivity contribution >= 4 is 70.5 Å². The SMILES string of the molecule is CN(C)CCN(C(=O)c1ccc(S(=O)(=O)N(C)c2ccccc2)cc1)c1nc2c(S(C)(=O)=O)cccc2s1.Cl. The van der Waals surface area contributed by atoms with Crippen LogP contribution in [0, 0.1) is 0 Å². The highest BCUT2D eigenvalue weighted by Gasteiger charge is 2.25. The average Bonchev–Trinajstić information content (AvgIpc) is 3.32. The number of para-hydroxylation sites is 2. The van der Waals surface area contributed by atoms with Crippen LogP contribution >= 0.6 is 23.7 Å². The number of nitrogens with zero attached hydrogens (tertiary/aromatic N) is 4. The lowest BCUT2D eigenvalue weighted by atomic mass is 10.2. The number of likely N-dealkylation sites (N-methyl/N-ethyl adjacent to an activating group) is 1. The molecule has 0 atom stereocenters. The molecule has 0 saturated heterocycles. The van der Waals surface area contributed by atoms with Gasteiger partial charge in [0.05, 0.1) is 20.2 Å². The topological polar surface area (TPSA) is 108 Å². The van der Waals surface area contributed by atoms with Crippen molar-refractivity contribution in [1.29, 1.82) is 0 Å². The number of rotatable bonds is 9. The first-order valence-corrected chi connectivity index (χ1v) is 15.7. The van der Waals surface area contributed by atoms with Crippen molar-refractivity contribution in [3.8, 4) is 0 Å². The zero-order valence-electron chi connectivity index (χ0n) is 21.8. The lowest BCUT2D eigenvalue weighted by Gasteiger charge is -2.22. The molecule has 1 amide bonds. The van der Waals surface area contributed by atoms with Crippen molar-refractivity contribution in [1.82, 2.24) is 9.88 Å². The van der Waals surface area contributed by atoms with Gasteiger partial charge in [0.2, 0.25) is 0 Å². The summed E-state index contributed by atoms with van der Waals surface area (Å²) in [5.74, 6) is -0.368. The first kappa shape index (κ1) is 30.5. The summed E-state index contributed by atoms with van der Waals surface area (Å²) < 4.78 is 52.6. The Hall–Kier alpha value is -3.03. The van der Waals surface area contributed by atoms with E-state index < -0.39 is 19.9 Å². The molecule has 1 aromatic heterocycles. The number of hydrogen-bond acceptors (Lipinski definition) is 8. The number of hydrogen-bond donors (Lipinski definition) is 0. The van der Waals surface area contributed by atoms with Gasteiger partial charge in [0, 0.05) is 32.0 Å². The lowest BCUT2D eigenvalue weighted by molar-refractivity contribution is 0.0985. The summed E-state index contributed by atoms with van der Waals surface area (Å²) in [6, 6.07) is 19.4. The van der Waals surface area contributed by atoms with Crippen LogP contribution in [0.2, 0.25) is 0 Å². The molecule has 0 unspecified atom stereocenters. The number of sulfonamides is 1. The zero-order valence-corrected chi connectivity index (χ0v) is 25.1. The normalized spacial score (nSPS) is 11.8. The van der Waals surface area contributed by atoms with Crippen molar-refractivity contribution < 1.29 is 21.6 Å². The van der Waals surface area contributed by atoms with Crippen molar-refractivity contribution in [2.45, 2.75) is 9.79 Å². The van der Waals surface area contributed by atoms with Crippen LogP contribution in [0.4, 0.5) is 10.8 Å². The molecule has 0 aliphatic rings. The molecule has 0 saturated carbocycles. The van der Waals surface area contributed by atoms with Crippen LogP contribution in [-0.2, 0) is 19.9 Å². The van der Waals surface area contributed by atoms with Gasteiger partial charge in [0.1, 0.15) is 5.52 Å². The number of carbonyl (C=O) groups excluding carboxylic acids is 1. The molecule has 4 aromatic rings. The van der Waals surface area contributed by atoms with Gasteiger partial charge in [-0.2, -0.15) is 0 Å². The third-order valence-electron chi connectivity index (χ3n) is 5.90.